The third kappa shape index (κ3) is 3.96. The quantitative estimate of drug-likeness (QED) is 0.810. The number of ether oxygens (including phenoxy) is 1. The van der Waals surface area contributed by atoms with Crippen molar-refractivity contribution in [2.45, 2.75) is 77.5 Å². The van der Waals surface area contributed by atoms with Crippen molar-refractivity contribution in [3.05, 3.63) is 0 Å². The summed E-state index contributed by atoms with van der Waals surface area (Å²) in [7, 11) is 2.30. The van der Waals surface area contributed by atoms with Crippen molar-refractivity contribution in [1.82, 2.24) is 10.2 Å². The van der Waals surface area contributed by atoms with E-state index in [-0.39, 0.29) is 0 Å². The molecule has 1 saturated carbocycles. The molecule has 0 amide bonds. The molecule has 2 fully saturated rings. The molecule has 1 aliphatic carbocycles. The molecule has 118 valence electrons. The first-order valence-electron chi connectivity index (χ1n) is 8.60. The summed E-state index contributed by atoms with van der Waals surface area (Å²) in [4.78, 5) is 2.57. The maximum atomic E-state index is 5.82. The van der Waals surface area contributed by atoms with Gasteiger partial charge in [0.25, 0.3) is 0 Å². The van der Waals surface area contributed by atoms with Crippen LogP contribution in [0.4, 0.5) is 0 Å². The molecule has 3 atom stereocenters. The molecule has 3 heteroatoms. The average molecular weight is 282 g/mol. The Labute approximate surface area is 125 Å². The molecule has 0 spiro atoms. The fourth-order valence-electron chi connectivity index (χ4n) is 4.04. The maximum absolute atomic E-state index is 5.82. The summed E-state index contributed by atoms with van der Waals surface area (Å²) >= 11 is 0. The van der Waals surface area contributed by atoms with Crippen molar-refractivity contribution in [3.63, 3.8) is 0 Å². The second-order valence-electron chi connectivity index (χ2n) is 7.45. The van der Waals surface area contributed by atoms with E-state index in [9.17, 15) is 0 Å². The standard InChI is InChI=1S/C17H34N2O/c1-5-11-18-16-15(9-6-10-17(16,2)3)19(4)13-14-8-7-12-20-14/h14-16,18H,5-13H2,1-4H3. The molecule has 1 saturated heterocycles. The van der Waals surface area contributed by atoms with Crippen molar-refractivity contribution in [1.29, 1.82) is 0 Å². The molecule has 2 rings (SSSR count). The smallest absolute Gasteiger partial charge is 0.0702 e. The van der Waals surface area contributed by atoms with Crippen molar-refractivity contribution in [2.24, 2.45) is 5.41 Å². The molecular weight excluding hydrogens is 248 g/mol. The van der Waals surface area contributed by atoms with E-state index in [1.807, 2.05) is 0 Å². The monoisotopic (exact) mass is 282 g/mol. The van der Waals surface area contributed by atoms with E-state index in [4.69, 9.17) is 4.74 Å². The predicted molar refractivity (Wildman–Crippen MR) is 85.1 cm³/mol. The Hall–Kier alpha value is -0.120. The highest BCUT2D eigenvalue weighted by molar-refractivity contribution is 4.98. The highest BCUT2D eigenvalue weighted by Gasteiger charge is 2.40. The van der Waals surface area contributed by atoms with Crippen LogP contribution >= 0.6 is 0 Å². The molecular formula is C17H34N2O. The normalized spacial score (nSPS) is 33.8. The lowest BCUT2D eigenvalue weighted by molar-refractivity contribution is 0.0232. The highest BCUT2D eigenvalue weighted by atomic mass is 16.5. The van der Waals surface area contributed by atoms with Crippen molar-refractivity contribution < 1.29 is 4.74 Å². The number of hydrogen-bond donors (Lipinski definition) is 1. The molecule has 3 nitrogen and oxygen atoms in total. The van der Waals surface area contributed by atoms with Crippen LogP contribution < -0.4 is 5.32 Å². The van der Waals surface area contributed by atoms with Crippen LogP contribution in [0, 0.1) is 5.41 Å². The predicted octanol–water partition coefficient (Wildman–Crippen LogP) is 3.04. The highest BCUT2D eigenvalue weighted by Crippen LogP contribution is 2.37. The summed E-state index contributed by atoms with van der Waals surface area (Å²) in [5.41, 5.74) is 0.406. The van der Waals surface area contributed by atoms with Crippen LogP contribution in [0.3, 0.4) is 0 Å². The lowest BCUT2D eigenvalue weighted by Gasteiger charge is -2.48. The number of nitrogens with one attached hydrogen (secondary N) is 1. The van der Waals surface area contributed by atoms with Gasteiger partial charge < -0.3 is 10.1 Å². The first-order chi connectivity index (χ1) is 9.54. The Morgan fingerprint density at radius 2 is 2.05 bits per heavy atom. The van der Waals surface area contributed by atoms with Crippen LogP contribution in [0.25, 0.3) is 0 Å². The van der Waals surface area contributed by atoms with Gasteiger partial charge in [0.2, 0.25) is 0 Å². The minimum Gasteiger partial charge on any atom is -0.377 e. The molecule has 0 aromatic carbocycles. The van der Waals surface area contributed by atoms with Gasteiger partial charge in [-0.3, -0.25) is 4.90 Å². The Kier molecular flexibility index (Phi) is 5.88. The van der Waals surface area contributed by atoms with Gasteiger partial charge in [0.1, 0.15) is 0 Å². The van der Waals surface area contributed by atoms with E-state index in [0.717, 1.165) is 19.7 Å². The zero-order chi connectivity index (χ0) is 14.6. The largest absolute Gasteiger partial charge is 0.377 e. The minimum absolute atomic E-state index is 0.406. The van der Waals surface area contributed by atoms with Gasteiger partial charge in [-0.25, -0.2) is 0 Å². The van der Waals surface area contributed by atoms with Crippen molar-refractivity contribution in [2.75, 3.05) is 26.7 Å². The van der Waals surface area contributed by atoms with Crippen molar-refractivity contribution >= 4 is 0 Å². The van der Waals surface area contributed by atoms with Crippen LogP contribution in [0.15, 0.2) is 0 Å². The minimum atomic E-state index is 0.406. The lowest BCUT2D eigenvalue weighted by atomic mass is 9.70. The van der Waals surface area contributed by atoms with E-state index in [0.29, 0.717) is 23.6 Å². The van der Waals surface area contributed by atoms with Gasteiger partial charge in [0.05, 0.1) is 6.10 Å². The molecule has 1 aliphatic heterocycles. The molecule has 0 aromatic heterocycles. The third-order valence-corrected chi connectivity index (χ3v) is 5.24. The zero-order valence-corrected chi connectivity index (χ0v) is 14.0. The zero-order valence-electron chi connectivity index (χ0n) is 14.0. The summed E-state index contributed by atoms with van der Waals surface area (Å²) in [6.07, 6.45) is 8.20. The Morgan fingerprint density at radius 1 is 1.25 bits per heavy atom. The van der Waals surface area contributed by atoms with Crippen LogP contribution in [-0.2, 0) is 4.74 Å². The molecule has 1 N–H and O–H groups in total. The molecule has 0 aromatic rings. The Bertz CT molecular complexity index is 287. The van der Waals surface area contributed by atoms with Gasteiger partial charge in [-0.05, 0) is 51.1 Å². The van der Waals surface area contributed by atoms with Crippen LogP contribution in [0.1, 0.15) is 59.3 Å². The van der Waals surface area contributed by atoms with Gasteiger partial charge in [0, 0.05) is 25.2 Å². The summed E-state index contributed by atoms with van der Waals surface area (Å²) in [5, 5.41) is 3.83. The van der Waals surface area contributed by atoms with Crippen LogP contribution in [-0.4, -0.2) is 49.8 Å². The maximum Gasteiger partial charge on any atom is 0.0702 e. The summed E-state index contributed by atoms with van der Waals surface area (Å²) in [6, 6.07) is 1.28. The fraction of sp³-hybridized carbons (Fsp3) is 1.00. The van der Waals surface area contributed by atoms with Gasteiger partial charge in [-0.1, -0.05) is 27.2 Å². The summed E-state index contributed by atoms with van der Waals surface area (Å²) < 4.78 is 5.82. The molecule has 3 unspecified atom stereocenters. The summed E-state index contributed by atoms with van der Waals surface area (Å²) in [5.74, 6) is 0. The first kappa shape index (κ1) is 16.3. The first-order valence-corrected chi connectivity index (χ1v) is 8.60. The second kappa shape index (κ2) is 7.24. The van der Waals surface area contributed by atoms with E-state index < -0.39 is 0 Å². The summed E-state index contributed by atoms with van der Waals surface area (Å²) in [6.45, 7) is 10.3. The fourth-order valence-corrected chi connectivity index (χ4v) is 4.04. The van der Waals surface area contributed by atoms with Gasteiger partial charge >= 0.3 is 0 Å². The third-order valence-electron chi connectivity index (χ3n) is 5.24. The topological polar surface area (TPSA) is 24.5 Å². The molecule has 2 aliphatic rings. The average Bonchev–Trinajstić information content (AvgIpc) is 2.89. The van der Waals surface area contributed by atoms with Gasteiger partial charge in [0.15, 0.2) is 0 Å². The SMILES string of the molecule is CCCNC1C(N(C)CC2CCCO2)CCCC1(C)C. The Balaban J connectivity index is 1.97. The van der Waals surface area contributed by atoms with Crippen LogP contribution in [0.5, 0.6) is 0 Å². The van der Waals surface area contributed by atoms with Gasteiger partial charge in [-0.2, -0.15) is 0 Å². The van der Waals surface area contributed by atoms with E-state index in [1.54, 1.807) is 0 Å². The van der Waals surface area contributed by atoms with E-state index >= 15 is 0 Å². The van der Waals surface area contributed by atoms with Crippen LogP contribution in [0.2, 0.25) is 0 Å². The molecule has 0 bridgehead atoms. The second-order valence-corrected chi connectivity index (χ2v) is 7.45. The number of rotatable bonds is 6. The molecule has 1 heterocycles. The van der Waals surface area contributed by atoms with E-state index in [2.05, 4.69) is 38.0 Å². The molecule has 20 heavy (non-hydrogen) atoms. The van der Waals surface area contributed by atoms with E-state index in [1.165, 1.54) is 38.5 Å². The number of nitrogens with zero attached hydrogens (tertiary/aromatic N) is 1. The van der Waals surface area contributed by atoms with Crippen molar-refractivity contribution in [3.8, 4) is 0 Å². The number of likely N-dealkylation sites (N-methyl/N-ethyl adjacent to an activating group) is 1. The van der Waals surface area contributed by atoms with Gasteiger partial charge in [-0.15, -0.1) is 0 Å². The number of hydrogen-bond acceptors (Lipinski definition) is 3. The molecule has 0 radical (unpaired) electrons. The Morgan fingerprint density at radius 3 is 2.70 bits per heavy atom. The lowest BCUT2D eigenvalue weighted by Crippen LogP contribution is -2.59.